The van der Waals surface area contributed by atoms with Gasteiger partial charge in [0.05, 0.1) is 49.1 Å². The molecule has 0 saturated carbocycles. The molecule has 2 aromatic carbocycles. The predicted octanol–water partition coefficient (Wildman–Crippen LogP) is 4.79. The fourth-order valence-corrected chi connectivity index (χ4v) is 5.06. The van der Waals surface area contributed by atoms with Crippen LogP contribution in [0.15, 0.2) is 36.7 Å². The molecule has 0 spiro atoms. The molecule has 2 aromatic heterocycles. The Morgan fingerprint density at radius 3 is 2.21 bits per heavy atom. The normalized spacial score (nSPS) is 14.9. The Labute approximate surface area is 242 Å². The minimum Gasteiger partial charge on any atom is -0.496 e. The highest BCUT2D eigenvalue weighted by Crippen LogP contribution is 2.44. The molecular formula is C28H28F5N5O5. The number of β-amino-alcohol motifs (C(OH)–C–C–N with tert-alkyl or cyclic N) is 1. The van der Waals surface area contributed by atoms with Crippen LogP contribution in [0, 0.1) is 0 Å². The Morgan fingerprint density at radius 1 is 1.00 bits per heavy atom. The van der Waals surface area contributed by atoms with Crippen LogP contribution in [-0.4, -0.2) is 80.2 Å². The third-order valence-electron chi connectivity index (χ3n) is 7.01. The summed E-state index contributed by atoms with van der Waals surface area (Å²) in [5.41, 5.74) is -0.853. The van der Waals surface area contributed by atoms with Crippen molar-refractivity contribution in [1.29, 1.82) is 0 Å². The predicted molar refractivity (Wildman–Crippen MR) is 144 cm³/mol. The molecule has 0 radical (unpaired) electrons. The van der Waals surface area contributed by atoms with Gasteiger partial charge < -0.3 is 24.2 Å². The van der Waals surface area contributed by atoms with Crippen molar-refractivity contribution in [3.05, 3.63) is 42.2 Å². The van der Waals surface area contributed by atoms with Crippen LogP contribution in [0.3, 0.4) is 0 Å². The maximum Gasteiger partial charge on any atom is 0.420 e. The molecule has 0 unspecified atom stereocenters. The van der Waals surface area contributed by atoms with Gasteiger partial charge in [0.1, 0.15) is 22.8 Å². The van der Waals surface area contributed by atoms with E-state index in [1.54, 1.807) is 25.0 Å². The number of carbonyl (C=O) groups is 1. The molecule has 5 rings (SSSR count). The van der Waals surface area contributed by atoms with Gasteiger partial charge in [-0.2, -0.15) is 32.1 Å². The fraction of sp³-hybridized carbons (Fsp3) is 0.393. The second-order valence-corrected chi connectivity index (χ2v) is 10.5. The van der Waals surface area contributed by atoms with Crippen molar-refractivity contribution in [2.75, 3.05) is 20.2 Å². The van der Waals surface area contributed by atoms with Gasteiger partial charge in [-0.15, -0.1) is 0 Å². The number of hydrogen-bond acceptors (Lipinski definition) is 7. The molecule has 1 aliphatic heterocycles. The topological polar surface area (TPSA) is 104 Å². The SMILES string of the molecule is COc1cc(-c2c3c(OC(C)C)cc(-c4cnn(C)c4)cc3nn2C)cc(OC(F)F)c1C(=O)N1CC(O)(C(F)(F)F)C1. The summed E-state index contributed by atoms with van der Waals surface area (Å²) in [6.07, 6.45) is -1.72. The van der Waals surface area contributed by atoms with Crippen molar-refractivity contribution in [3.63, 3.8) is 0 Å². The van der Waals surface area contributed by atoms with Gasteiger partial charge in [-0.25, -0.2) is 0 Å². The lowest BCUT2D eigenvalue weighted by Gasteiger charge is -2.47. The van der Waals surface area contributed by atoms with Crippen LogP contribution in [0.1, 0.15) is 24.2 Å². The molecule has 3 heterocycles. The van der Waals surface area contributed by atoms with E-state index in [2.05, 4.69) is 10.2 Å². The summed E-state index contributed by atoms with van der Waals surface area (Å²) in [5, 5.41) is 19.2. The summed E-state index contributed by atoms with van der Waals surface area (Å²) in [5.74, 6) is -1.48. The molecule has 1 saturated heterocycles. The van der Waals surface area contributed by atoms with Gasteiger partial charge in [-0.3, -0.25) is 14.2 Å². The number of halogens is 5. The molecule has 43 heavy (non-hydrogen) atoms. The van der Waals surface area contributed by atoms with E-state index < -0.39 is 48.7 Å². The lowest BCUT2D eigenvalue weighted by Crippen LogP contribution is -2.70. The number of aryl methyl sites for hydroxylation is 2. The first-order valence-electron chi connectivity index (χ1n) is 13.0. The molecule has 1 N–H and O–H groups in total. The molecule has 4 aromatic rings. The van der Waals surface area contributed by atoms with E-state index in [1.807, 2.05) is 32.2 Å². The Hall–Kier alpha value is -4.40. The van der Waals surface area contributed by atoms with Crippen LogP contribution < -0.4 is 14.2 Å². The number of nitrogens with zero attached hydrogens (tertiary/aromatic N) is 5. The number of ether oxygens (including phenoxy) is 3. The van der Waals surface area contributed by atoms with Gasteiger partial charge >= 0.3 is 12.8 Å². The standard InChI is InChI=1S/C28H28F5N5O5/c1-14(2)42-20-7-15(17-10-34-36(3)11-17)6-18-22(20)24(37(4)35-18)16-8-19(41-5)23(21(9-16)43-26(29)30)25(39)38-12-27(40,13-38)28(31,32)33/h6-11,14,26,40H,12-13H2,1-5H3. The summed E-state index contributed by atoms with van der Waals surface area (Å²) >= 11 is 0. The number of benzene rings is 2. The molecule has 1 aliphatic rings. The van der Waals surface area contributed by atoms with Gasteiger partial charge in [0.2, 0.25) is 0 Å². The van der Waals surface area contributed by atoms with E-state index in [0.717, 1.165) is 11.1 Å². The molecule has 15 heteroatoms. The third-order valence-corrected chi connectivity index (χ3v) is 7.01. The van der Waals surface area contributed by atoms with Gasteiger partial charge in [0, 0.05) is 31.4 Å². The average molecular weight is 610 g/mol. The summed E-state index contributed by atoms with van der Waals surface area (Å²) in [6, 6.07) is 6.18. The van der Waals surface area contributed by atoms with Crippen LogP contribution in [0.4, 0.5) is 22.0 Å². The highest BCUT2D eigenvalue weighted by Gasteiger charge is 2.62. The zero-order valence-corrected chi connectivity index (χ0v) is 23.7. The van der Waals surface area contributed by atoms with E-state index in [1.165, 1.54) is 23.9 Å². The second kappa shape index (κ2) is 10.7. The van der Waals surface area contributed by atoms with Crippen LogP contribution in [-0.2, 0) is 14.1 Å². The molecule has 1 amide bonds. The van der Waals surface area contributed by atoms with Gasteiger partial charge in [0.25, 0.3) is 5.91 Å². The zero-order valence-electron chi connectivity index (χ0n) is 23.7. The summed E-state index contributed by atoms with van der Waals surface area (Å²) in [7, 11) is 4.60. The lowest BCUT2D eigenvalue weighted by atomic mass is 9.92. The van der Waals surface area contributed by atoms with Crippen LogP contribution >= 0.6 is 0 Å². The molecule has 0 atom stereocenters. The maximum atomic E-state index is 13.6. The Bertz CT molecular complexity index is 1690. The number of hydrogen-bond donors (Lipinski definition) is 1. The van der Waals surface area contributed by atoms with Gasteiger partial charge in [-0.05, 0) is 43.7 Å². The fourth-order valence-electron chi connectivity index (χ4n) is 5.06. The summed E-state index contributed by atoms with van der Waals surface area (Å²) in [4.78, 5) is 13.9. The van der Waals surface area contributed by atoms with Gasteiger partial charge in [-0.1, -0.05) is 0 Å². The quantitative estimate of drug-likeness (QED) is 0.287. The number of likely N-dealkylation sites (tertiary alicyclic amines) is 1. The van der Waals surface area contributed by atoms with Crippen molar-refractivity contribution in [3.8, 4) is 39.6 Å². The number of aliphatic hydroxyl groups is 1. The smallest absolute Gasteiger partial charge is 0.420 e. The van der Waals surface area contributed by atoms with E-state index in [9.17, 15) is 31.9 Å². The first kappa shape index (κ1) is 30.1. The third kappa shape index (κ3) is 5.44. The van der Waals surface area contributed by atoms with Crippen molar-refractivity contribution in [1.82, 2.24) is 24.5 Å². The summed E-state index contributed by atoms with van der Waals surface area (Å²) in [6.45, 7) is -1.84. The van der Waals surface area contributed by atoms with Crippen LogP contribution in [0.2, 0.25) is 0 Å². The van der Waals surface area contributed by atoms with Gasteiger partial charge in [0.15, 0.2) is 5.60 Å². The lowest BCUT2D eigenvalue weighted by molar-refractivity contribution is -0.294. The molecule has 0 bridgehead atoms. The number of amides is 1. The summed E-state index contributed by atoms with van der Waals surface area (Å²) < 4.78 is 86.0. The number of alkyl halides is 5. The maximum absolute atomic E-state index is 13.6. The first-order valence-corrected chi connectivity index (χ1v) is 13.0. The highest BCUT2D eigenvalue weighted by atomic mass is 19.4. The Balaban J connectivity index is 1.66. The molecular weight excluding hydrogens is 581 g/mol. The minimum absolute atomic E-state index is 0.228. The van der Waals surface area contributed by atoms with Crippen molar-refractivity contribution < 1.29 is 46.1 Å². The molecule has 0 aliphatic carbocycles. The Morgan fingerprint density at radius 2 is 1.65 bits per heavy atom. The highest BCUT2D eigenvalue weighted by molar-refractivity contribution is 6.04. The number of rotatable bonds is 8. The van der Waals surface area contributed by atoms with E-state index in [0.29, 0.717) is 27.2 Å². The molecule has 10 nitrogen and oxygen atoms in total. The average Bonchev–Trinajstić information content (AvgIpc) is 3.46. The zero-order chi connectivity index (χ0) is 31.4. The first-order chi connectivity index (χ1) is 20.1. The second-order valence-electron chi connectivity index (χ2n) is 10.5. The Kier molecular flexibility index (Phi) is 7.48. The van der Waals surface area contributed by atoms with E-state index >= 15 is 0 Å². The van der Waals surface area contributed by atoms with Crippen LogP contribution in [0.25, 0.3) is 33.3 Å². The van der Waals surface area contributed by atoms with Crippen molar-refractivity contribution in [2.45, 2.75) is 38.3 Å². The number of fused-ring (bicyclic) bond motifs is 1. The number of carbonyl (C=O) groups excluding carboxylic acids is 1. The van der Waals surface area contributed by atoms with Crippen LogP contribution in [0.5, 0.6) is 17.2 Å². The van der Waals surface area contributed by atoms with Crippen molar-refractivity contribution in [2.24, 2.45) is 14.1 Å². The van der Waals surface area contributed by atoms with Crippen molar-refractivity contribution >= 4 is 16.8 Å². The largest absolute Gasteiger partial charge is 0.496 e. The monoisotopic (exact) mass is 609 g/mol. The number of methoxy groups -OCH3 is 1. The van der Waals surface area contributed by atoms with E-state index in [4.69, 9.17) is 14.2 Å². The number of aromatic nitrogens is 4. The minimum atomic E-state index is -4.98. The molecule has 230 valence electrons. The van der Waals surface area contributed by atoms with E-state index in [-0.39, 0.29) is 17.4 Å². The molecule has 1 fully saturated rings.